The van der Waals surface area contributed by atoms with Crippen molar-refractivity contribution in [2.75, 3.05) is 20.6 Å². The summed E-state index contributed by atoms with van der Waals surface area (Å²) in [5.74, 6) is -1.44. The van der Waals surface area contributed by atoms with E-state index < -0.39 is 26.6 Å². The molecule has 1 amide bonds. The molecule has 1 aromatic rings. The fraction of sp³-hybridized carbons (Fsp3) is 0.300. The van der Waals surface area contributed by atoms with Gasteiger partial charge in [-0.1, -0.05) is 11.6 Å². The highest BCUT2D eigenvalue weighted by Gasteiger charge is 2.25. The van der Waals surface area contributed by atoms with Crippen molar-refractivity contribution in [3.05, 3.63) is 29.0 Å². The number of amides is 1. The first-order chi connectivity index (χ1) is 8.28. The van der Waals surface area contributed by atoms with Gasteiger partial charge in [-0.3, -0.25) is 4.79 Å². The van der Waals surface area contributed by atoms with Crippen LogP contribution in [0.2, 0.25) is 5.02 Å². The van der Waals surface area contributed by atoms with Gasteiger partial charge in [0.25, 0.3) is 0 Å². The van der Waals surface area contributed by atoms with Crippen molar-refractivity contribution >= 4 is 27.5 Å². The Kier molecular flexibility index (Phi) is 4.66. The SMILES string of the molecule is CNC(=O)CN(C)S(=O)(=O)c1ccc(Cl)cc1F. The minimum absolute atomic E-state index is 0.0976. The van der Waals surface area contributed by atoms with Gasteiger partial charge in [0, 0.05) is 19.1 Å². The Bertz CT molecular complexity index is 562. The summed E-state index contributed by atoms with van der Waals surface area (Å²) >= 11 is 5.54. The Morgan fingerprint density at radius 3 is 2.61 bits per heavy atom. The van der Waals surface area contributed by atoms with E-state index in [4.69, 9.17) is 11.6 Å². The number of benzene rings is 1. The molecule has 0 aromatic heterocycles. The number of nitrogens with zero attached hydrogens (tertiary/aromatic N) is 1. The highest BCUT2D eigenvalue weighted by molar-refractivity contribution is 7.89. The first-order valence-corrected chi connectivity index (χ1v) is 6.73. The molecule has 0 aliphatic carbocycles. The topological polar surface area (TPSA) is 66.5 Å². The molecule has 8 heteroatoms. The van der Waals surface area contributed by atoms with Crippen molar-refractivity contribution in [1.29, 1.82) is 0 Å². The predicted octanol–water partition coefficient (Wildman–Crippen LogP) is 0.846. The second kappa shape index (κ2) is 5.64. The van der Waals surface area contributed by atoms with Gasteiger partial charge in [-0.25, -0.2) is 12.8 Å². The summed E-state index contributed by atoms with van der Waals surface area (Å²) < 4.78 is 38.3. The van der Waals surface area contributed by atoms with Crippen molar-refractivity contribution in [3.63, 3.8) is 0 Å². The van der Waals surface area contributed by atoms with E-state index in [-0.39, 0.29) is 11.6 Å². The van der Waals surface area contributed by atoms with E-state index in [1.165, 1.54) is 20.2 Å². The van der Waals surface area contributed by atoms with E-state index in [0.717, 1.165) is 16.4 Å². The minimum Gasteiger partial charge on any atom is -0.358 e. The lowest BCUT2D eigenvalue weighted by Gasteiger charge is -2.16. The highest BCUT2D eigenvalue weighted by Crippen LogP contribution is 2.21. The fourth-order valence-corrected chi connectivity index (χ4v) is 2.55. The highest BCUT2D eigenvalue weighted by atomic mass is 35.5. The molecule has 5 nitrogen and oxygen atoms in total. The summed E-state index contributed by atoms with van der Waals surface area (Å²) in [6.07, 6.45) is 0. The minimum atomic E-state index is -4.05. The maximum Gasteiger partial charge on any atom is 0.246 e. The van der Waals surface area contributed by atoms with E-state index in [0.29, 0.717) is 0 Å². The summed E-state index contributed by atoms with van der Waals surface area (Å²) in [6.45, 7) is -0.388. The fourth-order valence-electron chi connectivity index (χ4n) is 1.22. The van der Waals surface area contributed by atoms with Crippen LogP contribution in [-0.2, 0) is 14.8 Å². The van der Waals surface area contributed by atoms with Gasteiger partial charge in [-0.2, -0.15) is 4.31 Å². The predicted molar refractivity (Wildman–Crippen MR) is 65.3 cm³/mol. The number of nitrogens with one attached hydrogen (secondary N) is 1. The largest absolute Gasteiger partial charge is 0.358 e. The van der Waals surface area contributed by atoms with Gasteiger partial charge in [0.15, 0.2) is 0 Å². The van der Waals surface area contributed by atoms with Crippen LogP contribution in [0.15, 0.2) is 23.1 Å². The Labute approximate surface area is 110 Å². The Balaban J connectivity index is 3.09. The quantitative estimate of drug-likeness (QED) is 0.895. The standard InChI is InChI=1S/C10H12ClFN2O3S/c1-13-10(15)6-14(2)18(16,17)9-4-3-7(11)5-8(9)12/h3-5H,6H2,1-2H3,(H,13,15). The van der Waals surface area contributed by atoms with Crippen LogP contribution >= 0.6 is 11.6 Å². The molecule has 0 unspecified atom stereocenters. The van der Waals surface area contributed by atoms with Crippen LogP contribution < -0.4 is 5.32 Å². The number of sulfonamides is 1. The van der Waals surface area contributed by atoms with Crippen molar-refractivity contribution in [1.82, 2.24) is 9.62 Å². The molecule has 0 spiro atoms. The lowest BCUT2D eigenvalue weighted by Crippen LogP contribution is -2.37. The zero-order valence-corrected chi connectivity index (χ0v) is 11.3. The number of rotatable bonds is 4. The van der Waals surface area contributed by atoms with Gasteiger partial charge in [-0.15, -0.1) is 0 Å². The number of carbonyl (C=O) groups excluding carboxylic acids is 1. The molecule has 18 heavy (non-hydrogen) atoms. The van der Waals surface area contributed by atoms with Crippen LogP contribution in [0.1, 0.15) is 0 Å². The lowest BCUT2D eigenvalue weighted by atomic mass is 10.3. The monoisotopic (exact) mass is 294 g/mol. The lowest BCUT2D eigenvalue weighted by molar-refractivity contribution is -0.120. The van der Waals surface area contributed by atoms with Gasteiger partial charge < -0.3 is 5.32 Å². The van der Waals surface area contributed by atoms with Crippen molar-refractivity contribution in [3.8, 4) is 0 Å². The molecule has 0 atom stereocenters. The number of hydrogen-bond donors (Lipinski definition) is 1. The Morgan fingerprint density at radius 1 is 1.50 bits per heavy atom. The number of carbonyl (C=O) groups is 1. The van der Waals surface area contributed by atoms with Gasteiger partial charge in [0.1, 0.15) is 10.7 Å². The second-order valence-corrected chi connectivity index (χ2v) is 5.96. The molecule has 0 bridgehead atoms. The molecule has 1 N–H and O–H groups in total. The molecule has 1 rings (SSSR count). The van der Waals surface area contributed by atoms with Crippen molar-refractivity contribution in [2.24, 2.45) is 0 Å². The molecule has 0 heterocycles. The maximum atomic E-state index is 13.5. The van der Waals surface area contributed by atoms with Crippen LogP contribution in [0.5, 0.6) is 0 Å². The molecule has 1 aromatic carbocycles. The summed E-state index contributed by atoms with van der Waals surface area (Å²) in [7, 11) is -1.48. The smallest absolute Gasteiger partial charge is 0.246 e. The summed E-state index contributed by atoms with van der Waals surface area (Å²) in [6, 6.07) is 3.24. The molecule has 0 saturated carbocycles. The Morgan fingerprint density at radius 2 is 2.11 bits per heavy atom. The van der Waals surface area contributed by atoms with E-state index in [9.17, 15) is 17.6 Å². The molecule has 100 valence electrons. The first kappa shape index (κ1) is 14.9. The van der Waals surface area contributed by atoms with Gasteiger partial charge in [0.2, 0.25) is 15.9 Å². The average molecular weight is 295 g/mol. The van der Waals surface area contributed by atoms with Gasteiger partial charge in [0.05, 0.1) is 6.54 Å². The number of likely N-dealkylation sites (N-methyl/N-ethyl adjacent to an activating group) is 2. The third kappa shape index (κ3) is 3.18. The second-order valence-electron chi connectivity index (χ2n) is 3.51. The molecule has 0 aliphatic rings. The molecule has 0 fully saturated rings. The van der Waals surface area contributed by atoms with Crippen LogP contribution in [0, 0.1) is 5.82 Å². The number of hydrogen-bond acceptors (Lipinski definition) is 3. The molecule has 0 saturated heterocycles. The van der Waals surface area contributed by atoms with Crippen molar-refractivity contribution < 1.29 is 17.6 Å². The summed E-state index contributed by atoms with van der Waals surface area (Å²) in [5.41, 5.74) is 0. The van der Waals surface area contributed by atoms with E-state index in [2.05, 4.69) is 5.32 Å². The zero-order chi connectivity index (χ0) is 13.9. The van der Waals surface area contributed by atoms with Gasteiger partial charge >= 0.3 is 0 Å². The third-order valence-corrected chi connectivity index (χ3v) is 4.30. The summed E-state index contributed by atoms with van der Waals surface area (Å²) in [5, 5.41) is 2.38. The normalized spacial score (nSPS) is 11.6. The van der Waals surface area contributed by atoms with Gasteiger partial charge in [-0.05, 0) is 18.2 Å². The maximum absolute atomic E-state index is 13.5. The molecular formula is C10H12ClFN2O3S. The summed E-state index contributed by atoms with van der Waals surface area (Å²) in [4.78, 5) is 10.6. The van der Waals surface area contributed by atoms with Crippen LogP contribution in [0.25, 0.3) is 0 Å². The van der Waals surface area contributed by atoms with E-state index in [1.54, 1.807) is 0 Å². The van der Waals surface area contributed by atoms with Crippen LogP contribution in [0.3, 0.4) is 0 Å². The third-order valence-electron chi connectivity index (χ3n) is 2.23. The zero-order valence-electron chi connectivity index (χ0n) is 9.78. The van der Waals surface area contributed by atoms with E-state index in [1.807, 2.05) is 0 Å². The number of halogens is 2. The average Bonchev–Trinajstić information content (AvgIpc) is 2.28. The first-order valence-electron chi connectivity index (χ1n) is 4.91. The Hall–Kier alpha value is -1.18. The van der Waals surface area contributed by atoms with E-state index >= 15 is 0 Å². The molecule has 0 aliphatic heterocycles. The van der Waals surface area contributed by atoms with Crippen LogP contribution in [-0.4, -0.2) is 39.3 Å². The van der Waals surface area contributed by atoms with Crippen LogP contribution in [0.4, 0.5) is 4.39 Å². The molecule has 0 radical (unpaired) electrons. The molecular weight excluding hydrogens is 283 g/mol. The van der Waals surface area contributed by atoms with Crippen molar-refractivity contribution in [2.45, 2.75) is 4.90 Å².